The van der Waals surface area contributed by atoms with Crippen LogP contribution in [-0.2, 0) is 6.42 Å². The molecule has 72 valence electrons. The highest BCUT2D eigenvalue weighted by molar-refractivity contribution is 5.55. The summed E-state index contributed by atoms with van der Waals surface area (Å²) in [6.07, 6.45) is 4.44. The van der Waals surface area contributed by atoms with Gasteiger partial charge in [0.1, 0.15) is 5.75 Å². The predicted octanol–water partition coefficient (Wildman–Crippen LogP) is 2.71. The highest BCUT2D eigenvalue weighted by atomic mass is 16.3. The number of anilines is 1. The van der Waals surface area contributed by atoms with Crippen LogP contribution in [0.5, 0.6) is 5.75 Å². The van der Waals surface area contributed by atoms with Crippen molar-refractivity contribution in [2.45, 2.75) is 32.6 Å². The zero-order chi connectivity index (χ0) is 9.68. The SMILES string of the molecule is CCCCCc1cccc(N)c1O. The molecule has 0 heterocycles. The third kappa shape index (κ3) is 2.65. The van der Waals surface area contributed by atoms with Crippen molar-refractivity contribution in [1.82, 2.24) is 0 Å². The Bertz CT molecular complexity index is 271. The van der Waals surface area contributed by atoms with Gasteiger partial charge in [0.15, 0.2) is 0 Å². The average molecular weight is 179 g/mol. The van der Waals surface area contributed by atoms with E-state index in [0.717, 1.165) is 18.4 Å². The van der Waals surface area contributed by atoms with Crippen LogP contribution in [0.15, 0.2) is 18.2 Å². The third-order valence-corrected chi connectivity index (χ3v) is 2.20. The lowest BCUT2D eigenvalue weighted by atomic mass is 10.1. The summed E-state index contributed by atoms with van der Waals surface area (Å²) < 4.78 is 0. The first kappa shape index (κ1) is 9.90. The molecule has 0 unspecified atom stereocenters. The van der Waals surface area contributed by atoms with Gasteiger partial charge < -0.3 is 10.8 Å². The summed E-state index contributed by atoms with van der Waals surface area (Å²) in [6.45, 7) is 2.17. The van der Waals surface area contributed by atoms with E-state index in [4.69, 9.17) is 5.73 Å². The van der Waals surface area contributed by atoms with Crippen LogP contribution in [0.4, 0.5) is 5.69 Å². The first-order valence-corrected chi connectivity index (χ1v) is 4.82. The molecule has 2 nitrogen and oxygen atoms in total. The number of nitrogens with two attached hydrogens (primary N) is 1. The van der Waals surface area contributed by atoms with Crippen LogP contribution in [0.3, 0.4) is 0 Å². The van der Waals surface area contributed by atoms with Crippen LogP contribution in [-0.4, -0.2) is 5.11 Å². The number of unbranched alkanes of at least 4 members (excludes halogenated alkanes) is 2. The van der Waals surface area contributed by atoms with Crippen LogP contribution in [0.1, 0.15) is 31.7 Å². The van der Waals surface area contributed by atoms with Crippen molar-refractivity contribution in [2.75, 3.05) is 5.73 Å². The summed E-state index contributed by atoms with van der Waals surface area (Å²) in [6, 6.07) is 5.54. The topological polar surface area (TPSA) is 46.2 Å². The summed E-state index contributed by atoms with van der Waals surface area (Å²) in [4.78, 5) is 0. The molecular formula is C11H17NO. The highest BCUT2D eigenvalue weighted by Crippen LogP contribution is 2.25. The van der Waals surface area contributed by atoms with E-state index >= 15 is 0 Å². The second-order valence-corrected chi connectivity index (χ2v) is 3.31. The molecule has 1 aromatic carbocycles. The van der Waals surface area contributed by atoms with Crippen molar-refractivity contribution in [1.29, 1.82) is 0 Å². The molecule has 0 saturated heterocycles. The average Bonchev–Trinajstić information content (AvgIpc) is 2.13. The molecule has 2 heteroatoms. The lowest BCUT2D eigenvalue weighted by Crippen LogP contribution is -1.91. The number of rotatable bonds is 4. The van der Waals surface area contributed by atoms with Crippen molar-refractivity contribution in [3.63, 3.8) is 0 Å². The molecule has 0 saturated carbocycles. The number of hydrogen-bond acceptors (Lipinski definition) is 2. The molecule has 0 aliphatic heterocycles. The lowest BCUT2D eigenvalue weighted by Gasteiger charge is -2.05. The van der Waals surface area contributed by atoms with E-state index in [9.17, 15) is 5.11 Å². The molecule has 0 atom stereocenters. The van der Waals surface area contributed by atoms with Gasteiger partial charge >= 0.3 is 0 Å². The third-order valence-electron chi connectivity index (χ3n) is 2.20. The van der Waals surface area contributed by atoms with Gasteiger partial charge in [0.2, 0.25) is 0 Å². The number of para-hydroxylation sites is 1. The van der Waals surface area contributed by atoms with Gasteiger partial charge in [0, 0.05) is 0 Å². The van der Waals surface area contributed by atoms with Crippen LogP contribution in [0.25, 0.3) is 0 Å². The second-order valence-electron chi connectivity index (χ2n) is 3.31. The van der Waals surface area contributed by atoms with Crippen molar-refractivity contribution in [2.24, 2.45) is 0 Å². The van der Waals surface area contributed by atoms with Crippen molar-refractivity contribution in [3.05, 3.63) is 23.8 Å². The molecule has 0 fully saturated rings. The maximum atomic E-state index is 9.57. The van der Waals surface area contributed by atoms with Crippen LogP contribution in [0.2, 0.25) is 0 Å². The van der Waals surface area contributed by atoms with Crippen LogP contribution in [0, 0.1) is 0 Å². The molecule has 0 bridgehead atoms. The number of aromatic hydroxyl groups is 1. The molecule has 0 spiro atoms. The number of phenols is 1. The number of aryl methyl sites for hydroxylation is 1. The van der Waals surface area contributed by atoms with Crippen molar-refractivity contribution >= 4 is 5.69 Å². The minimum Gasteiger partial charge on any atom is -0.506 e. The number of hydrogen-bond donors (Lipinski definition) is 2. The molecule has 0 aromatic heterocycles. The molecule has 13 heavy (non-hydrogen) atoms. The summed E-state index contributed by atoms with van der Waals surface area (Å²) in [5, 5.41) is 9.57. The van der Waals surface area contributed by atoms with E-state index in [1.165, 1.54) is 12.8 Å². The van der Waals surface area contributed by atoms with Gasteiger partial charge in [-0.2, -0.15) is 0 Å². The Morgan fingerprint density at radius 1 is 1.31 bits per heavy atom. The molecule has 0 aliphatic carbocycles. The first-order chi connectivity index (χ1) is 6.25. The minimum atomic E-state index is 0.263. The standard InChI is InChI=1S/C11H17NO/c1-2-3-4-6-9-7-5-8-10(12)11(9)13/h5,7-8,13H,2-4,6,12H2,1H3. The largest absolute Gasteiger partial charge is 0.506 e. The fraction of sp³-hybridized carbons (Fsp3) is 0.455. The fourth-order valence-corrected chi connectivity index (χ4v) is 1.38. The Labute approximate surface area is 79.4 Å². The van der Waals surface area contributed by atoms with Gasteiger partial charge in [-0.05, 0) is 24.5 Å². The smallest absolute Gasteiger partial charge is 0.141 e. The zero-order valence-corrected chi connectivity index (χ0v) is 8.09. The number of nitrogen functional groups attached to an aromatic ring is 1. The quantitative estimate of drug-likeness (QED) is 0.424. The summed E-state index contributed by atoms with van der Waals surface area (Å²) in [5.74, 6) is 0.263. The number of benzene rings is 1. The normalized spacial score (nSPS) is 10.2. The molecule has 0 radical (unpaired) electrons. The van der Waals surface area contributed by atoms with Crippen molar-refractivity contribution in [3.8, 4) is 5.75 Å². The lowest BCUT2D eigenvalue weighted by molar-refractivity contribution is 0.469. The molecule has 1 aromatic rings. The Hall–Kier alpha value is -1.18. The summed E-state index contributed by atoms with van der Waals surface area (Å²) >= 11 is 0. The van der Waals surface area contributed by atoms with Gasteiger partial charge in [-0.1, -0.05) is 31.9 Å². The molecule has 0 aliphatic rings. The van der Waals surface area contributed by atoms with Crippen LogP contribution >= 0.6 is 0 Å². The Morgan fingerprint density at radius 2 is 2.08 bits per heavy atom. The maximum absolute atomic E-state index is 9.57. The fourth-order valence-electron chi connectivity index (χ4n) is 1.38. The molecule has 0 amide bonds. The van der Waals surface area contributed by atoms with E-state index in [0.29, 0.717) is 5.69 Å². The Balaban J connectivity index is 2.61. The molecular weight excluding hydrogens is 162 g/mol. The van der Waals surface area contributed by atoms with Gasteiger partial charge in [-0.25, -0.2) is 0 Å². The van der Waals surface area contributed by atoms with E-state index in [1.54, 1.807) is 6.07 Å². The maximum Gasteiger partial charge on any atom is 0.141 e. The van der Waals surface area contributed by atoms with Gasteiger partial charge in [-0.15, -0.1) is 0 Å². The van der Waals surface area contributed by atoms with Gasteiger partial charge in [0.05, 0.1) is 5.69 Å². The zero-order valence-electron chi connectivity index (χ0n) is 8.09. The van der Waals surface area contributed by atoms with E-state index in [1.807, 2.05) is 12.1 Å². The highest BCUT2D eigenvalue weighted by Gasteiger charge is 2.02. The molecule has 1 rings (SSSR count). The van der Waals surface area contributed by atoms with Crippen molar-refractivity contribution < 1.29 is 5.11 Å². The Kier molecular flexibility index (Phi) is 3.62. The van der Waals surface area contributed by atoms with E-state index in [2.05, 4.69) is 6.92 Å². The Morgan fingerprint density at radius 3 is 2.77 bits per heavy atom. The first-order valence-electron chi connectivity index (χ1n) is 4.82. The summed E-state index contributed by atoms with van der Waals surface area (Å²) in [5.41, 5.74) is 7.02. The number of phenolic OH excluding ortho intramolecular Hbond substituents is 1. The predicted molar refractivity (Wildman–Crippen MR) is 55.7 cm³/mol. The van der Waals surface area contributed by atoms with Gasteiger partial charge in [-0.3, -0.25) is 0 Å². The van der Waals surface area contributed by atoms with E-state index < -0.39 is 0 Å². The summed E-state index contributed by atoms with van der Waals surface area (Å²) in [7, 11) is 0. The second kappa shape index (κ2) is 4.75. The van der Waals surface area contributed by atoms with Gasteiger partial charge in [0.25, 0.3) is 0 Å². The van der Waals surface area contributed by atoms with Crippen LogP contribution < -0.4 is 5.73 Å². The minimum absolute atomic E-state index is 0.263. The van der Waals surface area contributed by atoms with E-state index in [-0.39, 0.29) is 5.75 Å². The monoisotopic (exact) mass is 179 g/mol. The molecule has 3 N–H and O–H groups in total.